The van der Waals surface area contributed by atoms with E-state index < -0.39 is 0 Å². The molecule has 1 heterocycles. The first-order valence-corrected chi connectivity index (χ1v) is 5.77. The van der Waals surface area contributed by atoms with Gasteiger partial charge in [0.15, 0.2) is 0 Å². The smallest absolute Gasteiger partial charge is 0.119 e. The molecule has 1 aromatic rings. The number of rotatable bonds is 3. The number of ether oxygens (including phenoxy) is 2. The molecule has 3 nitrogen and oxygen atoms in total. The Morgan fingerprint density at radius 3 is 2.94 bits per heavy atom. The second kappa shape index (κ2) is 5.32. The zero-order chi connectivity index (χ0) is 11.4. The summed E-state index contributed by atoms with van der Waals surface area (Å²) in [4.78, 5) is 0. The lowest BCUT2D eigenvalue weighted by atomic mass is 10.1. The molecule has 0 radical (unpaired) electrons. The zero-order valence-corrected chi connectivity index (χ0v) is 9.95. The van der Waals surface area contributed by atoms with Crippen molar-refractivity contribution in [3.8, 4) is 5.75 Å². The molecule has 0 bridgehead atoms. The number of hydrogen-bond acceptors (Lipinski definition) is 3. The standard InChI is InChI=1S/C13H19NO2/c1-10-3-4-13(7-11(10)2)16-9-12-8-15-6-5-14-12/h3-4,7,12,14H,5-6,8-9H2,1-2H3. The molecule has 0 amide bonds. The number of morpholine rings is 1. The van der Waals surface area contributed by atoms with Crippen LogP contribution in [0.15, 0.2) is 18.2 Å². The fraction of sp³-hybridized carbons (Fsp3) is 0.538. The van der Waals surface area contributed by atoms with Gasteiger partial charge in [-0.15, -0.1) is 0 Å². The maximum atomic E-state index is 5.74. The lowest BCUT2D eigenvalue weighted by Crippen LogP contribution is -2.44. The quantitative estimate of drug-likeness (QED) is 0.842. The molecule has 0 aliphatic carbocycles. The Hall–Kier alpha value is -1.06. The van der Waals surface area contributed by atoms with Crippen molar-refractivity contribution >= 4 is 0 Å². The largest absolute Gasteiger partial charge is 0.492 e. The van der Waals surface area contributed by atoms with Crippen molar-refractivity contribution in [2.24, 2.45) is 0 Å². The second-order valence-corrected chi connectivity index (χ2v) is 4.28. The Bertz CT molecular complexity index is 346. The third-order valence-electron chi connectivity index (χ3n) is 2.93. The predicted molar refractivity (Wildman–Crippen MR) is 64.0 cm³/mol. The van der Waals surface area contributed by atoms with Crippen molar-refractivity contribution < 1.29 is 9.47 Å². The molecule has 1 aliphatic heterocycles. The van der Waals surface area contributed by atoms with E-state index in [0.717, 1.165) is 25.5 Å². The third kappa shape index (κ3) is 2.97. The summed E-state index contributed by atoms with van der Waals surface area (Å²) in [7, 11) is 0. The van der Waals surface area contributed by atoms with E-state index in [4.69, 9.17) is 9.47 Å². The molecule has 1 unspecified atom stereocenters. The first-order chi connectivity index (χ1) is 7.75. The van der Waals surface area contributed by atoms with Crippen molar-refractivity contribution in [3.63, 3.8) is 0 Å². The molecule has 0 saturated carbocycles. The molecule has 1 aromatic carbocycles. The van der Waals surface area contributed by atoms with E-state index in [1.807, 2.05) is 6.07 Å². The number of hydrogen-bond donors (Lipinski definition) is 1. The lowest BCUT2D eigenvalue weighted by molar-refractivity contribution is 0.0592. The summed E-state index contributed by atoms with van der Waals surface area (Å²) in [6, 6.07) is 6.51. The van der Waals surface area contributed by atoms with Gasteiger partial charge < -0.3 is 14.8 Å². The van der Waals surface area contributed by atoms with Gasteiger partial charge in [-0.25, -0.2) is 0 Å². The van der Waals surface area contributed by atoms with Crippen LogP contribution in [0.3, 0.4) is 0 Å². The Kier molecular flexibility index (Phi) is 3.80. The van der Waals surface area contributed by atoms with Crippen molar-refractivity contribution in [3.05, 3.63) is 29.3 Å². The Morgan fingerprint density at radius 2 is 2.25 bits per heavy atom. The molecule has 1 N–H and O–H groups in total. The Balaban J connectivity index is 1.86. The minimum Gasteiger partial charge on any atom is -0.492 e. The fourth-order valence-electron chi connectivity index (χ4n) is 1.73. The SMILES string of the molecule is Cc1ccc(OCC2COCCN2)cc1C. The number of nitrogens with one attached hydrogen (secondary N) is 1. The van der Waals surface area contributed by atoms with Crippen LogP contribution in [-0.2, 0) is 4.74 Å². The average molecular weight is 221 g/mol. The summed E-state index contributed by atoms with van der Waals surface area (Å²) in [5.41, 5.74) is 2.57. The van der Waals surface area contributed by atoms with Gasteiger partial charge in [0.05, 0.1) is 19.3 Å². The van der Waals surface area contributed by atoms with Gasteiger partial charge in [0, 0.05) is 6.54 Å². The molecule has 1 fully saturated rings. The van der Waals surface area contributed by atoms with E-state index in [9.17, 15) is 0 Å². The molecule has 3 heteroatoms. The predicted octanol–water partition coefficient (Wildman–Crippen LogP) is 1.67. The Labute approximate surface area is 96.8 Å². The normalized spacial score (nSPS) is 20.8. The van der Waals surface area contributed by atoms with Crippen LogP contribution in [0.2, 0.25) is 0 Å². The van der Waals surface area contributed by atoms with Crippen molar-refractivity contribution in [2.75, 3.05) is 26.4 Å². The van der Waals surface area contributed by atoms with Crippen LogP contribution in [-0.4, -0.2) is 32.4 Å². The van der Waals surface area contributed by atoms with Gasteiger partial charge in [-0.2, -0.15) is 0 Å². The fourth-order valence-corrected chi connectivity index (χ4v) is 1.73. The van der Waals surface area contributed by atoms with Crippen LogP contribution in [0.1, 0.15) is 11.1 Å². The third-order valence-corrected chi connectivity index (χ3v) is 2.93. The lowest BCUT2D eigenvalue weighted by Gasteiger charge is -2.23. The molecule has 1 atom stereocenters. The highest BCUT2D eigenvalue weighted by Gasteiger charge is 2.13. The highest BCUT2D eigenvalue weighted by molar-refractivity contribution is 5.33. The number of aryl methyl sites for hydroxylation is 2. The minimum atomic E-state index is 0.315. The molecule has 2 rings (SSSR count). The monoisotopic (exact) mass is 221 g/mol. The molecule has 0 spiro atoms. The van der Waals surface area contributed by atoms with Crippen molar-refractivity contribution in [2.45, 2.75) is 19.9 Å². The van der Waals surface area contributed by atoms with E-state index in [1.54, 1.807) is 0 Å². The van der Waals surface area contributed by atoms with E-state index in [2.05, 4.69) is 31.3 Å². The van der Waals surface area contributed by atoms with Crippen LogP contribution in [0.5, 0.6) is 5.75 Å². The van der Waals surface area contributed by atoms with Crippen LogP contribution in [0, 0.1) is 13.8 Å². The molecular weight excluding hydrogens is 202 g/mol. The molecule has 88 valence electrons. The Morgan fingerprint density at radius 1 is 1.38 bits per heavy atom. The first kappa shape index (κ1) is 11.4. The van der Waals surface area contributed by atoms with Gasteiger partial charge in [0.1, 0.15) is 12.4 Å². The van der Waals surface area contributed by atoms with Crippen LogP contribution < -0.4 is 10.1 Å². The highest BCUT2D eigenvalue weighted by Crippen LogP contribution is 2.16. The molecule has 1 saturated heterocycles. The highest BCUT2D eigenvalue weighted by atomic mass is 16.5. The van der Waals surface area contributed by atoms with Crippen LogP contribution in [0.4, 0.5) is 0 Å². The van der Waals surface area contributed by atoms with Crippen LogP contribution in [0.25, 0.3) is 0 Å². The van der Waals surface area contributed by atoms with E-state index in [1.165, 1.54) is 11.1 Å². The maximum Gasteiger partial charge on any atom is 0.119 e. The van der Waals surface area contributed by atoms with Gasteiger partial charge in [0.2, 0.25) is 0 Å². The van der Waals surface area contributed by atoms with Crippen molar-refractivity contribution in [1.82, 2.24) is 5.32 Å². The minimum absolute atomic E-state index is 0.315. The van der Waals surface area contributed by atoms with Gasteiger partial charge in [0.25, 0.3) is 0 Å². The number of benzene rings is 1. The van der Waals surface area contributed by atoms with E-state index in [-0.39, 0.29) is 0 Å². The van der Waals surface area contributed by atoms with Gasteiger partial charge in [-0.3, -0.25) is 0 Å². The van der Waals surface area contributed by atoms with Gasteiger partial charge >= 0.3 is 0 Å². The van der Waals surface area contributed by atoms with Crippen LogP contribution >= 0.6 is 0 Å². The summed E-state index contributed by atoms with van der Waals surface area (Å²) in [6.07, 6.45) is 0. The van der Waals surface area contributed by atoms with Gasteiger partial charge in [-0.05, 0) is 37.1 Å². The summed E-state index contributed by atoms with van der Waals surface area (Å²) in [5.74, 6) is 0.940. The topological polar surface area (TPSA) is 30.5 Å². The molecule has 16 heavy (non-hydrogen) atoms. The summed E-state index contributed by atoms with van der Waals surface area (Å²) in [6.45, 7) is 7.34. The molecule has 0 aromatic heterocycles. The summed E-state index contributed by atoms with van der Waals surface area (Å²) >= 11 is 0. The first-order valence-electron chi connectivity index (χ1n) is 5.77. The second-order valence-electron chi connectivity index (χ2n) is 4.28. The zero-order valence-electron chi connectivity index (χ0n) is 9.95. The maximum absolute atomic E-state index is 5.74. The molecule has 1 aliphatic rings. The summed E-state index contributed by atoms with van der Waals surface area (Å²) in [5, 5.41) is 3.37. The van der Waals surface area contributed by atoms with Crippen molar-refractivity contribution in [1.29, 1.82) is 0 Å². The van der Waals surface area contributed by atoms with E-state index in [0.29, 0.717) is 12.6 Å². The van der Waals surface area contributed by atoms with Gasteiger partial charge in [-0.1, -0.05) is 6.07 Å². The van der Waals surface area contributed by atoms with E-state index >= 15 is 0 Å². The molecular formula is C13H19NO2. The summed E-state index contributed by atoms with van der Waals surface area (Å²) < 4.78 is 11.1. The average Bonchev–Trinajstić information content (AvgIpc) is 2.32.